The van der Waals surface area contributed by atoms with Crippen LogP contribution in [-0.4, -0.2) is 49.0 Å². The Balaban J connectivity index is 1.78. The highest BCUT2D eigenvalue weighted by Gasteiger charge is 2.18. The second kappa shape index (κ2) is 9.66. The summed E-state index contributed by atoms with van der Waals surface area (Å²) in [5, 5.41) is 2.70. The molecule has 1 fully saturated rings. The second-order valence-electron chi connectivity index (χ2n) is 5.76. The van der Waals surface area contributed by atoms with E-state index in [0.29, 0.717) is 18.0 Å². The summed E-state index contributed by atoms with van der Waals surface area (Å²) in [6, 6.07) is 6.83. The molecule has 7 nitrogen and oxygen atoms in total. The molecule has 0 spiro atoms. The van der Waals surface area contributed by atoms with Gasteiger partial charge in [-0.1, -0.05) is 6.07 Å². The van der Waals surface area contributed by atoms with Crippen LogP contribution in [0.5, 0.6) is 5.75 Å². The Bertz CT molecular complexity index is 611. The monoisotopic (exact) mass is 348 g/mol. The largest absolute Gasteiger partial charge is 0.484 e. The number of likely N-dealkylation sites (tertiary alicyclic amines) is 1. The Morgan fingerprint density at radius 3 is 2.64 bits per heavy atom. The molecule has 1 aromatic carbocycles. The number of nitrogens with zero attached hydrogens (tertiary/aromatic N) is 1. The van der Waals surface area contributed by atoms with Gasteiger partial charge in [-0.25, -0.2) is 0 Å². The van der Waals surface area contributed by atoms with E-state index in [-0.39, 0.29) is 31.3 Å². The van der Waals surface area contributed by atoms with E-state index in [1.807, 2.05) is 0 Å². The van der Waals surface area contributed by atoms with Crippen molar-refractivity contribution in [1.29, 1.82) is 0 Å². The van der Waals surface area contributed by atoms with E-state index in [9.17, 15) is 14.4 Å². The number of carbonyl (C=O) groups is 3. The molecule has 0 bridgehead atoms. The van der Waals surface area contributed by atoms with Crippen molar-refractivity contribution in [3.63, 3.8) is 0 Å². The molecule has 136 valence electrons. The molecule has 7 heteroatoms. The minimum atomic E-state index is -0.393. The number of nitrogens with one attached hydrogen (secondary N) is 1. The molecule has 0 aromatic heterocycles. The summed E-state index contributed by atoms with van der Waals surface area (Å²) in [5.74, 6) is -0.189. The zero-order valence-corrected chi connectivity index (χ0v) is 14.5. The van der Waals surface area contributed by atoms with Gasteiger partial charge in [0.25, 0.3) is 5.91 Å². The molecule has 1 aliphatic rings. The highest BCUT2D eigenvalue weighted by atomic mass is 16.5. The molecular formula is C18H24N2O5. The number of hydrogen-bond acceptors (Lipinski definition) is 5. The first-order valence-corrected chi connectivity index (χ1v) is 8.54. The van der Waals surface area contributed by atoms with Crippen molar-refractivity contribution < 1.29 is 23.9 Å². The maximum atomic E-state index is 12.0. The van der Waals surface area contributed by atoms with Crippen LogP contribution in [0.3, 0.4) is 0 Å². The zero-order chi connectivity index (χ0) is 18.1. The van der Waals surface area contributed by atoms with Gasteiger partial charge in [0, 0.05) is 31.3 Å². The van der Waals surface area contributed by atoms with Gasteiger partial charge < -0.3 is 19.7 Å². The Hall–Kier alpha value is -2.57. The molecule has 25 heavy (non-hydrogen) atoms. The minimum Gasteiger partial charge on any atom is -0.484 e. The number of amides is 2. The fourth-order valence-electron chi connectivity index (χ4n) is 2.54. The van der Waals surface area contributed by atoms with Crippen molar-refractivity contribution in [1.82, 2.24) is 4.90 Å². The topological polar surface area (TPSA) is 84.9 Å². The molecule has 1 N–H and O–H groups in total. The van der Waals surface area contributed by atoms with E-state index < -0.39 is 5.97 Å². The predicted molar refractivity (Wildman–Crippen MR) is 92.2 cm³/mol. The van der Waals surface area contributed by atoms with Gasteiger partial charge in [0.05, 0.1) is 13.0 Å². The summed E-state index contributed by atoms with van der Waals surface area (Å²) >= 11 is 0. The van der Waals surface area contributed by atoms with Gasteiger partial charge in [-0.05, 0) is 31.9 Å². The van der Waals surface area contributed by atoms with Crippen molar-refractivity contribution in [2.45, 2.75) is 32.6 Å². The van der Waals surface area contributed by atoms with Gasteiger partial charge in [0.2, 0.25) is 5.91 Å². The fourth-order valence-corrected chi connectivity index (χ4v) is 2.54. The fraction of sp³-hybridized carbons (Fsp3) is 0.500. The summed E-state index contributed by atoms with van der Waals surface area (Å²) in [7, 11) is 0. The number of anilines is 1. The summed E-state index contributed by atoms with van der Waals surface area (Å²) in [4.78, 5) is 36.9. The van der Waals surface area contributed by atoms with Crippen LogP contribution >= 0.6 is 0 Å². The normalized spacial score (nSPS) is 13.4. The molecule has 1 aromatic rings. The smallest absolute Gasteiger partial charge is 0.306 e. The van der Waals surface area contributed by atoms with Crippen molar-refractivity contribution in [3.05, 3.63) is 24.3 Å². The van der Waals surface area contributed by atoms with Crippen LogP contribution in [0, 0.1) is 0 Å². The number of esters is 1. The highest BCUT2D eigenvalue weighted by molar-refractivity contribution is 5.92. The Labute approximate surface area is 147 Å². The van der Waals surface area contributed by atoms with Crippen LogP contribution in [0.1, 0.15) is 32.6 Å². The van der Waals surface area contributed by atoms with Crippen molar-refractivity contribution in [3.8, 4) is 5.75 Å². The van der Waals surface area contributed by atoms with E-state index in [2.05, 4.69) is 5.32 Å². The van der Waals surface area contributed by atoms with E-state index in [4.69, 9.17) is 9.47 Å². The van der Waals surface area contributed by atoms with E-state index in [0.717, 1.165) is 25.9 Å². The number of rotatable bonds is 8. The summed E-state index contributed by atoms with van der Waals surface area (Å²) in [5.41, 5.74) is 0.556. The quantitative estimate of drug-likeness (QED) is 0.726. The molecule has 0 unspecified atom stereocenters. The van der Waals surface area contributed by atoms with E-state index in [1.54, 1.807) is 36.1 Å². The molecule has 1 heterocycles. The van der Waals surface area contributed by atoms with Gasteiger partial charge in [-0.2, -0.15) is 0 Å². The van der Waals surface area contributed by atoms with Crippen LogP contribution < -0.4 is 10.1 Å². The average Bonchev–Trinajstić information content (AvgIpc) is 3.13. The van der Waals surface area contributed by atoms with E-state index in [1.165, 1.54) is 0 Å². The molecule has 2 amide bonds. The molecule has 0 aliphatic carbocycles. The van der Waals surface area contributed by atoms with Gasteiger partial charge in [0.1, 0.15) is 5.75 Å². The molecular weight excluding hydrogens is 324 g/mol. The third-order valence-corrected chi connectivity index (χ3v) is 3.80. The van der Waals surface area contributed by atoms with Gasteiger partial charge in [-0.3, -0.25) is 14.4 Å². The number of hydrogen-bond donors (Lipinski definition) is 1. The Morgan fingerprint density at radius 2 is 1.92 bits per heavy atom. The van der Waals surface area contributed by atoms with Crippen molar-refractivity contribution in [2.24, 2.45) is 0 Å². The summed E-state index contributed by atoms with van der Waals surface area (Å²) < 4.78 is 10.3. The zero-order valence-electron chi connectivity index (χ0n) is 14.5. The molecule has 0 saturated carbocycles. The lowest BCUT2D eigenvalue weighted by atomic mass is 10.2. The lowest BCUT2D eigenvalue weighted by Crippen LogP contribution is -2.32. The molecule has 0 atom stereocenters. The lowest BCUT2D eigenvalue weighted by molar-refractivity contribution is -0.144. The van der Waals surface area contributed by atoms with Crippen molar-refractivity contribution >= 4 is 23.5 Å². The van der Waals surface area contributed by atoms with Gasteiger partial charge >= 0.3 is 5.97 Å². The molecule has 0 radical (unpaired) electrons. The third-order valence-electron chi connectivity index (χ3n) is 3.80. The molecule has 1 aliphatic heterocycles. The third kappa shape index (κ3) is 6.45. The minimum absolute atomic E-state index is 0.0136. The van der Waals surface area contributed by atoms with Crippen LogP contribution in [0.25, 0.3) is 0 Å². The van der Waals surface area contributed by atoms with Crippen LogP contribution in [0.15, 0.2) is 24.3 Å². The van der Waals surface area contributed by atoms with Crippen LogP contribution in [0.4, 0.5) is 5.69 Å². The summed E-state index contributed by atoms with van der Waals surface area (Å²) in [6.45, 7) is 3.59. The Morgan fingerprint density at radius 1 is 1.16 bits per heavy atom. The number of benzene rings is 1. The first-order chi connectivity index (χ1) is 12.1. The maximum absolute atomic E-state index is 12.0. The van der Waals surface area contributed by atoms with Gasteiger partial charge in [0.15, 0.2) is 6.61 Å². The second-order valence-corrected chi connectivity index (χ2v) is 5.76. The predicted octanol–water partition coefficient (Wildman–Crippen LogP) is 1.97. The lowest BCUT2D eigenvalue weighted by Gasteiger charge is -2.15. The standard InChI is InChI=1S/C18H24N2O5/c1-2-24-18(23)9-8-16(21)19-14-6-5-7-15(12-14)25-13-17(22)20-10-3-4-11-20/h5-7,12H,2-4,8-11,13H2,1H3,(H,19,21). The first-order valence-electron chi connectivity index (χ1n) is 8.54. The SMILES string of the molecule is CCOC(=O)CCC(=O)Nc1cccc(OCC(=O)N2CCCC2)c1. The van der Waals surface area contributed by atoms with Crippen LogP contribution in [0.2, 0.25) is 0 Å². The molecule has 1 saturated heterocycles. The average molecular weight is 348 g/mol. The Kier molecular flexibility index (Phi) is 7.25. The van der Waals surface area contributed by atoms with Gasteiger partial charge in [-0.15, -0.1) is 0 Å². The highest BCUT2D eigenvalue weighted by Crippen LogP contribution is 2.18. The number of carbonyl (C=O) groups excluding carboxylic acids is 3. The van der Waals surface area contributed by atoms with Crippen molar-refractivity contribution in [2.75, 3.05) is 31.6 Å². The summed E-state index contributed by atoms with van der Waals surface area (Å²) in [6.07, 6.45) is 2.18. The van der Waals surface area contributed by atoms with E-state index >= 15 is 0 Å². The molecule has 2 rings (SSSR count). The maximum Gasteiger partial charge on any atom is 0.306 e. The number of ether oxygens (including phenoxy) is 2. The first kappa shape index (κ1) is 18.8. The van der Waals surface area contributed by atoms with Crippen LogP contribution in [-0.2, 0) is 19.1 Å².